The number of hydrogen-bond donors (Lipinski definition) is 1. The highest BCUT2D eigenvalue weighted by Gasteiger charge is 2.18. The second-order valence-corrected chi connectivity index (χ2v) is 7.00. The molecule has 1 fully saturated rings. The van der Waals surface area contributed by atoms with Gasteiger partial charge in [0.15, 0.2) is 5.69 Å². The van der Waals surface area contributed by atoms with E-state index in [1.54, 1.807) is 22.2 Å². The lowest BCUT2D eigenvalue weighted by Crippen LogP contribution is -2.26. The molecule has 1 amide bonds. The maximum absolute atomic E-state index is 12.1. The van der Waals surface area contributed by atoms with Crippen molar-refractivity contribution in [1.82, 2.24) is 25.3 Å². The molecule has 3 rings (SSSR count). The average Bonchev–Trinajstić information content (AvgIpc) is 3.23. The van der Waals surface area contributed by atoms with Crippen molar-refractivity contribution in [3.8, 4) is 0 Å². The van der Waals surface area contributed by atoms with Gasteiger partial charge in [0.2, 0.25) is 0 Å². The summed E-state index contributed by atoms with van der Waals surface area (Å²) in [6.07, 6.45) is 4.71. The fourth-order valence-electron chi connectivity index (χ4n) is 2.51. The van der Waals surface area contributed by atoms with Gasteiger partial charge in [0, 0.05) is 24.4 Å². The summed E-state index contributed by atoms with van der Waals surface area (Å²) in [6.45, 7) is 6.06. The molecule has 2 aromatic heterocycles. The molecule has 0 aromatic carbocycles. The Hall–Kier alpha value is -1.80. The van der Waals surface area contributed by atoms with Crippen molar-refractivity contribution in [3.05, 3.63) is 27.5 Å². The van der Waals surface area contributed by atoms with Crippen molar-refractivity contribution in [3.63, 3.8) is 0 Å². The molecule has 1 aliphatic heterocycles. The number of aromatic nitrogens is 4. The normalized spacial score (nSPS) is 17.6. The molecule has 124 valence electrons. The molecule has 23 heavy (non-hydrogen) atoms. The van der Waals surface area contributed by atoms with Gasteiger partial charge in [0.05, 0.1) is 29.5 Å². The molecule has 0 aliphatic carbocycles. The molecule has 1 atom stereocenters. The Balaban J connectivity index is 1.47. The number of carbonyl (C=O) groups excluding carboxylic acids is 1. The Morgan fingerprint density at radius 3 is 3.09 bits per heavy atom. The monoisotopic (exact) mass is 335 g/mol. The number of carbonyl (C=O) groups is 1. The van der Waals surface area contributed by atoms with Gasteiger partial charge in [0.25, 0.3) is 5.91 Å². The number of rotatable bonds is 6. The largest absolute Gasteiger partial charge is 0.376 e. The van der Waals surface area contributed by atoms with Gasteiger partial charge in [-0.3, -0.25) is 4.79 Å². The lowest BCUT2D eigenvalue weighted by atomic mass is 10.2. The summed E-state index contributed by atoms with van der Waals surface area (Å²) >= 11 is 1.68. The summed E-state index contributed by atoms with van der Waals surface area (Å²) in [7, 11) is 0. The molecule has 0 saturated carbocycles. The fraction of sp³-hybridized carbons (Fsp3) is 0.600. The summed E-state index contributed by atoms with van der Waals surface area (Å²) in [5.74, 6) is -0.200. The smallest absolute Gasteiger partial charge is 0.273 e. The Labute approximate surface area is 139 Å². The zero-order valence-electron chi connectivity index (χ0n) is 13.4. The Bertz CT molecular complexity index is 656. The van der Waals surface area contributed by atoms with Crippen LogP contribution >= 0.6 is 11.3 Å². The van der Waals surface area contributed by atoms with Gasteiger partial charge >= 0.3 is 0 Å². The van der Waals surface area contributed by atoms with E-state index in [0.29, 0.717) is 18.8 Å². The van der Waals surface area contributed by atoms with Gasteiger partial charge in [-0.2, -0.15) is 0 Å². The molecule has 0 bridgehead atoms. The molecular formula is C15H21N5O2S. The zero-order valence-corrected chi connectivity index (χ0v) is 14.2. The van der Waals surface area contributed by atoms with Crippen LogP contribution in [0.2, 0.25) is 0 Å². The van der Waals surface area contributed by atoms with Crippen molar-refractivity contribution >= 4 is 17.2 Å². The molecular weight excluding hydrogens is 314 g/mol. The van der Waals surface area contributed by atoms with Crippen molar-refractivity contribution in [1.29, 1.82) is 0 Å². The molecule has 1 N–H and O–H groups in total. The number of thiazole rings is 1. The van der Waals surface area contributed by atoms with E-state index in [1.165, 1.54) is 4.88 Å². The first-order chi connectivity index (χ1) is 11.1. The molecule has 2 aromatic rings. The van der Waals surface area contributed by atoms with Gasteiger partial charge in [-0.1, -0.05) is 5.21 Å². The lowest BCUT2D eigenvalue weighted by molar-refractivity contribution is 0.0930. The van der Waals surface area contributed by atoms with Gasteiger partial charge in [0.1, 0.15) is 0 Å². The number of nitrogens with one attached hydrogen (secondary N) is 1. The van der Waals surface area contributed by atoms with E-state index in [-0.39, 0.29) is 12.0 Å². The topological polar surface area (TPSA) is 81.9 Å². The summed E-state index contributed by atoms with van der Waals surface area (Å²) in [4.78, 5) is 17.8. The highest BCUT2D eigenvalue weighted by atomic mass is 32.1. The predicted molar refractivity (Wildman–Crippen MR) is 86.6 cm³/mol. The summed E-state index contributed by atoms with van der Waals surface area (Å²) in [6, 6.07) is 0. The Morgan fingerprint density at radius 2 is 2.39 bits per heavy atom. The third-order valence-corrected chi connectivity index (χ3v) is 5.02. The van der Waals surface area contributed by atoms with Crippen LogP contribution in [0.3, 0.4) is 0 Å². The third kappa shape index (κ3) is 4.14. The van der Waals surface area contributed by atoms with E-state index in [0.717, 1.165) is 36.6 Å². The quantitative estimate of drug-likeness (QED) is 0.865. The van der Waals surface area contributed by atoms with Crippen LogP contribution in [0.4, 0.5) is 0 Å². The minimum Gasteiger partial charge on any atom is -0.376 e. The van der Waals surface area contributed by atoms with E-state index in [9.17, 15) is 4.79 Å². The van der Waals surface area contributed by atoms with Gasteiger partial charge in [-0.05, 0) is 26.7 Å². The number of aryl methyl sites for hydroxylation is 2. The number of nitrogens with zero attached hydrogens (tertiary/aromatic N) is 4. The second kappa shape index (κ2) is 7.18. The molecule has 1 saturated heterocycles. The van der Waals surface area contributed by atoms with E-state index in [2.05, 4.69) is 27.5 Å². The van der Waals surface area contributed by atoms with Crippen molar-refractivity contribution in [2.75, 3.05) is 13.2 Å². The van der Waals surface area contributed by atoms with E-state index < -0.39 is 0 Å². The van der Waals surface area contributed by atoms with Gasteiger partial charge in [-0.15, -0.1) is 16.4 Å². The number of amides is 1. The van der Waals surface area contributed by atoms with Crippen LogP contribution < -0.4 is 5.32 Å². The fourth-order valence-corrected chi connectivity index (χ4v) is 3.44. The van der Waals surface area contributed by atoms with Crippen LogP contribution in [0, 0.1) is 13.8 Å². The lowest BCUT2D eigenvalue weighted by Gasteiger charge is -2.07. The van der Waals surface area contributed by atoms with Crippen LogP contribution in [-0.4, -0.2) is 45.1 Å². The second-order valence-electron chi connectivity index (χ2n) is 5.72. The molecule has 0 spiro atoms. The number of hydrogen-bond acceptors (Lipinski definition) is 6. The van der Waals surface area contributed by atoms with Crippen LogP contribution in [0.15, 0.2) is 6.20 Å². The summed E-state index contributed by atoms with van der Waals surface area (Å²) in [5.41, 5.74) is 1.41. The molecule has 0 radical (unpaired) electrons. The first-order valence-electron chi connectivity index (χ1n) is 7.84. The third-order valence-electron chi connectivity index (χ3n) is 3.88. The minimum atomic E-state index is -0.200. The number of ether oxygens (including phenoxy) is 1. The highest BCUT2D eigenvalue weighted by molar-refractivity contribution is 7.11. The maximum atomic E-state index is 12.1. The first-order valence-corrected chi connectivity index (χ1v) is 8.66. The summed E-state index contributed by atoms with van der Waals surface area (Å²) < 4.78 is 7.24. The molecule has 3 heterocycles. The first kappa shape index (κ1) is 16.1. The van der Waals surface area contributed by atoms with E-state index in [1.807, 2.05) is 6.92 Å². The van der Waals surface area contributed by atoms with Crippen molar-refractivity contribution < 1.29 is 9.53 Å². The molecule has 8 heteroatoms. The molecule has 1 aliphatic rings. The standard InChI is InChI=1S/C15H21N5O2S/c1-10-11(2)23-14(17-10)5-6-16-15(21)13-9-20(19-18-13)8-12-4-3-7-22-12/h9,12H,3-8H2,1-2H3,(H,16,21)/t12-/m1/s1. The van der Waals surface area contributed by atoms with Crippen LogP contribution in [0.1, 0.15) is 38.9 Å². The van der Waals surface area contributed by atoms with E-state index in [4.69, 9.17) is 4.74 Å². The average molecular weight is 335 g/mol. The zero-order chi connectivity index (χ0) is 16.2. The maximum Gasteiger partial charge on any atom is 0.273 e. The van der Waals surface area contributed by atoms with Gasteiger partial charge in [-0.25, -0.2) is 9.67 Å². The van der Waals surface area contributed by atoms with Crippen molar-refractivity contribution in [2.24, 2.45) is 0 Å². The van der Waals surface area contributed by atoms with Crippen molar-refractivity contribution in [2.45, 2.75) is 45.8 Å². The van der Waals surface area contributed by atoms with E-state index >= 15 is 0 Å². The SMILES string of the molecule is Cc1nc(CCNC(=O)c2cn(C[C@H]3CCCO3)nn2)sc1C. The Morgan fingerprint density at radius 1 is 1.52 bits per heavy atom. The van der Waals surface area contributed by atoms with Crippen LogP contribution in [-0.2, 0) is 17.7 Å². The highest BCUT2D eigenvalue weighted by Crippen LogP contribution is 2.16. The summed E-state index contributed by atoms with van der Waals surface area (Å²) in [5, 5.41) is 11.8. The van der Waals surface area contributed by atoms with Crippen LogP contribution in [0.5, 0.6) is 0 Å². The van der Waals surface area contributed by atoms with Crippen LogP contribution in [0.25, 0.3) is 0 Å². The Kier molecular flexibility index (Phi) is 5.02. The molecule has 7 nitrogen and oxygen atoms in total. The molecule has 0 unspecified atom stereocenters. The predicted octanol–water partition coefficient (Wildman–Crippen LogP) is 1.50. The minimum absolute atomic E-state index is 0.184. The van der Waals surface area contributed by atoms with Gasteiger partial charge < -0.3 is 10.1 Å².